The maximum absolute atomic E-state index is 10.9. The van der Waals surface area contributed by atoms with Crippen molar-refractivity contribution in [2.75, 3.05) is 13.6 Å². The number of aliphatic carboxylic acids is 1. The average molecular weight is 416 g/mol. The summed E-state index contributed by atoms with van der Waals surface area (Å²) in [5.41, 5.74) is 1.30. The first-order valence-electron chi connectivity index (χ1n) is 10.9. The summed E-state index contributed by atoms with van der Waals surface area (Å²) < 4.78 is 0. The lowest BCUT2D eigenvalue weighted by atomic mass is 9.88. The molecule has 1 aromatic carbocycles. The highest BCUT2D eigenvalue weighted by atomic mass is 16.4. The molecule has 4 atom stereocenters. The van der Waals surface area contributed by atoms with Gasteiger partial charge in [-0.3, -0.25) is 20.5 Å². The highest BCUT2D eigenvalue weighted by Gasteiger charge is 2.37. The van der Waals surface area contributed by atoms with E-state index in [0.717, 1.165) is 25.8 Å². The van der Waals surface area contributed by atoms with E-state index < -0.39 is 5.97 Å². The van der Waals surface area contributed by atoms with Crippen LogP contribution in [0.1, 0.15) is 64.5 Å². The van der Waals surface area contributed by atoms with Crippen LogP contribution in [0.15, 0.2) is 30.3 Å². The zero-order valence-corrected chi connectivity index (χ0v) is 18.7. The molecule has 0 spiro atoms. The first-order chi connectivity index (χ1) is 14.2. The number of carboxylic acids is 1. The molecule has 1 heterocycles. The molecule has 4 N–H and O–H groups in total. The van der Waals surface area contributed by atoms with Crippen LogP contribution in [-0.4, -0.2) is 64.3 Å². The summed E-state index contributed by atoms with van der Waals surface area (Å²) in [5, 5.41) is 28.7. The van der Waals surface area contributed by atoms with Crippen molar-refractivity contribution in [3.8, 4) is 0 Å². The number of nitrogens with zero attached hydrogens (tertiary/aromatic N) is 2. The van der Waals surface area contributed by atoms with Gasteiger partial charge in [-0.25, -0.2) is 0 Å². The summed E-state index contributed by atoms with van der Waals surface area (Å²) in [6.45, 7) is 6.96. The number of carboxylic acid groups (broad SMARTS) is 1. The fourth-order valence-electron chi connectivity index (χ4n) is 4.61. The van der Waals surface area contributed by atoms with Crippen LogP contribution < -0.4 is 5.32 Å². The molecular weight excluding hydrogens is 378 g/mol. The minimum Gasteiger partial charge on any atom is -0.481 e. The van der Waals surface area contributed by atoms with Crippen molar-refractivity contribution in [1.82, 2.24) is 15.1 Å². The highest BCUT2D eigenvalue weighted by molar-refractivity contribution is 5.98. The van der Waals surface area contributed by atoms with Crippen LogP contribution in [0.2, 0.25) is 0 Å². The maximum Gasteiger partial charge on any atom is 0.303 e. The monoisotopic (exact) mass is 415 g/mol. The van der Waals surface area contributed by atoms with Gasteiger partial charge in [0, 0.05) is 37.1 Å². The smallest absolute Gasteiger partial charge is 0.303 e. The second-order valence-electron chi connectivity index (χ2n) is 8.40. The molecule has 1 saturated heterocycles. The fourth-order valence-corrected chi connectivity index (χ4v) is 4.61. The zero-order chi connectivity index (χ0) is 22.3. The summed E-state index contributed by atoms with van der Waals surface area (Å²) in [6, 6.07) is 11.8. The standard InChI is InChI=1S/C23H37N5O2/c1-16-14-20(15-17(2)28(18(3)24)22(25)10-11-23(29)30)27(16)13-12-21(26-4)19-8-6-5-7-9-19/h5-9,16-17,20-21,24-26H,10-15H2,1-4H3,(H,29,30). The van der Waals surface area contributed by atoms with Crippen LogP contribution in [0.5, 0.6) is 0 Å². The quantitative estimate of drug-likeness (QED) is 0.326. The van der Waals surface area contributed by atoms with Gasteiger partial charge in [0.05, 0.1) is 12.3 Å². The van der Waals surface area contributed by atoms with Gasteiger partial charge in [0.25, 0.3) is 0 Å². The topological polar surface area (TPSA) is 104 Å². The Morgan fingerprint density at radius 2 is 1.97 bits per heavy atom. The molecule has 0 radical (unpaired) electrons. The molecule has 2 rings (SSSR count). The van der Waals surface area contributed by atoms with Crippen LogP contribution in [0.25, 0.3) is 0 Å². The van der Waals surface area contributed by atoms with Gasteiger partial charge in [0.1, 0.15) is 5.84 Å². The maximum atomic E-state index is 10.9. The molecule has 1 aliphatic heterocycles. The van der Waals surface area contributed by atoms with Gasteiger partial charge in [-0.2, -0.15) is 0 Å². The predicted octanol–water partition coefficient (Wildman–Crippen LogP) is 3.72. The third kappa shape index (κ3) is 6.37. The molecule has 7 nitrogen and oxygen atoms in total. The zero-order valence-electron chi connectivity index (χ0n) is 18.7. The van der Waals surface area contributed by atoms with Crippen LogP contribution in [0.3, 0.4) is 0 Å². The SMILES string of the molecule is CNC(CCN1C(C)CC1CC(C)N(C(C)=N)C(=N)CCC(=O)O)c1ccccc1. The lowest BCUT2D eigenvalue weighted by molar-refractivity contribution is -0.136. The molecule has 0 bridgehead atoms. The number of nitrogens with one attached hydrogen (secondary N) is 3. The number of benzene rings is 1. The molecule has 1 aliphatic rings. The average Bonchev–Trinajstić information content (AvgIpc) is 2.69. The molecule has 4 unspecified atom stereocenters. The van der Waals surface area contributed by atoms with Crippen molar-refractivity contribution in [2.45, 2.75) is 77.0 Å². The second-order valence-corrected chi connectivity index (χ2v) is 8.40. The third-order valence-electron chi connectivity index (χ3n) is 6.16. The molecule has 30 heavy (non-hydrogen) atoms. The van der Waals surface area contributed by atoms with Crippen LogP contribution in [0.4, 0.5) is 0 Å². The van der Waals surface area contributed by atoms with Crippen LogP contribution in [0, 0.1) is 10.8 Å². The van der Waals surface area contributed by atoms with Gasteiger partial charge in [-0.15, -0.1) is 0 Å². The Morgan fingerprint density at radius 1 is 1.30 bits per heavy atom. The van der Waals surface area contributed by atoms with Crippen molar-refractivity contribution in [3.63, 3.8) is 0 Å². The van der Waals surface area contributed by atoms with E-state index in [1.54, 1.807) is 11.8 Å². The largest absolute Gasteiger partial charge is 0.481 e. The number of carbonyl (C=O) groups is 1. The Hall–Kier alpha value is -2.25. The number of rotatable bonds is 11. The fraction of sp³-hybridized carbons (Fsp3) is 0.609. The number of amidine groups is 2. The molecule has 1 fully saturated rings. The Labute approximate surface area is 180 Å². The molecule has 0 aromatic heterocycles. The normalized spacial score (nSPS) is 20.8. The van der Waals surface area contributed by atoms with E-state index in [-0.39, 0.29) is 24.7 Å². The number of hydrogen-bond donors (Lipinski definition) is 4. The lowest BCUT2D eigenvalue weighted by Gasteiger charge is -2.49. The Bertz CT molecular complexity index is 724. The molecule has 7 heteroatoms. The van der Waals surface area contributed by atoms with Crippen molar-refractivity contribution < 1.29 is 9.90 Å². The van der Waals surface area contributed by atoms with Gasteiger partial charge in [0.2, 0.25) is 0 Å². The molecular formula is C23H37N5O2. The third-order valence-corrected chi connectivity index (χ3v) is 6.16. The van der Waals surface area contributed by atoms with Gasteiger partial charge in [-0.05, 0) is 52.6 Å². The van der Waals surface area contributed by atoms with Crippen LogP contribution >= 0.6 is 0 Å². The van der Waals surface area contributed by atoms with E-state index >= 15 is 0 Å². The Morgan fingerprint density at radius 3 is 2.50 bits per heavy atom. The Balaban J connectivity index is 1.93. The number of hydrogen-bond acceptors (Lipinski definition) is 5. The molecule has 0 aliphatic carbocycles. The molecule has 0 amide bonds. The lowest BCUT2D eigenvalue weighted by Crippen LogP contribution is -2.57. The van der Waals surface area contributed by atoms with Crippen molar-refractivity contribution >= 4 is 17.6 Å². The van der Waals surface area contributed by atoms with Gasteiger partial charge < -0.3 is 15.3 Å². The van der Waals surface area contributed by atoms with Crippen LogP contribution in [-0.2, 0) is 4.79 Å². The summed E-state index contributed by atoms with van der Waals surface area (Å²) in [7, 11) is 2.00. The molecule has 0 saturated carbocycles. The summed E-state index contributed by atoms with van der Waals surface area (Å²) >= 11 is 0. The first-order valence-corrected chi connectivity index (χ1v) is 10.9. The van der Waals surface area contributed by atoms with Crippen molar-refractivity contribution in [1.29, 1.82) is 10.8 Å². The highest BCUT2D eigenvalue weighted by Crippen LogP contribution is 2.31. The Kier molecular flexibility index (Phi) is 8.99. The number of likely N-dealkylation sites (tertiary alicyclic amines) is 1. The van der Waals surface area contributed by atoms with Gasteiger partial charge in [0.15, 0.2) is 0 Å². The van der Waals surface area contributed by atoms with E-state index in [2.05, 4.69) is 41.4 Å². The second kappa shape index (κ2) is 11.2. The van der Waals surface area contributed by atoms with E-state index in [1.165, 1.54) is 5.56 Å². The van der Waals surface area contributed by atoms with Gasteiger partial charge >= 0.3 is 5.97 Å². The molecule has 1 aromatic rings. The van der Waals surface area contributed by atoms with E-state index in [0.29, 0.717) is 24.0 Å². The van der Waals surface area contributed by atoms with E-state index in [1.807, 2.05) is 20.0 Å². The summed E-state index contributed by atoms with van der Waals surface area (Å²) in [6.07, 6.45) is 3.09. The van der Waals surface area contributed by atoms with Crippen molar-refractivity contribution in [2.24, 2.45) is 0 Å². The summed E-state index contributed by atoms with van der Waals surface area (Å²) in [4.78, 5) is 15.1. The first kappa shape index (κ1) is 24.0. The molecule has 166 valence electrons. The van der Waals surface area contributed by atoms with E-state index in [9.17, 15) is 4.79 Å². The predicted molar refractivity (Wildman–Crippen MR) is 121 cm³/mol. The minimum atomic E-state index is -0.911. The summed E-state index contributed by atoms with van der Waals surface area (Å²) in [5.74, 6) is -0.390. The van der Waals surface area contributed by atoms with E-state index in [4.69, 9.17) is 15.9 Å². The van der Waals surface area contributed by atoms with Crippen molar-refractivity contribution in [3.05, 3.63) is 35.9 Å². The van der Waals surface area contributed by atoms with Gasteiger partial charge in [-0.1, -0.05) is 30.3 Å². The minimum absolute atomic E-state index is 0.00184.